The first-order valence-corrected chi connectivity index (χ1v) is 6.28. The van der Waals surface area contributed by atoms with Crippen LogP contribution >= 0.6 is 0 Å². The molecule has 1 atom stereocenters. The standard InChI is InChI=1S/C13H22N2O/c1-3-15-11(2)6-7-12(15)9-14-10-13-5-4-8-16-13/h6-7,13-14H,3-5,8-10H2,1-2H3. The number of rotatable bonds is 5. The van der Waals surface area contributed by atoms with Crippen molar-refractivity contribution in [3.05, 3.63) is 23.5 Å². The highest BCUT2D eigenvalue weighted by Crippen LogP contribution is 2.11. The maximum absolute atomic E-state index is 5.58. The molecule has 3 nitrogen and oxygen atoms in total. The van der Waals surface area contributed by atoms with Gasteiger partial charge in [0.15, 0.2) is 0 Å². The van der Waals surface area contributed by atoms with Crippen molar-refractivity contribution in [2.45, 2.75) is 45.9 Å². The Morgan fingerprint density at radius 3 is 3.06 bits per heavy atom. The van der Waals surface area contributed by atoms with Crippen molar-refractivity contribution >= 4 is 0 Å². The highest BCUT2D eigenvalue weighted by Gasteiger charge is 2.14. The second-order valence-corrected chi connectivity index (χ2v) is 4.48. The summed E-state index contributed by atoms with van der Waals surface area (Å²) in [4.78, 5) is 0. The van der Waals surface area contributed by atoms with Crippen LogP contribution in [0, 0.1) is 6.92 Å². The van der Waals surface area contributed by atoms with Gasteiger partial charge in [-0.05, 0) is 38.8 Å². The third-order valence-corrected chi connectivity index (χ3v) is 3.31. The molecule has 1 aromatic heterocycles. The summed E-state index contributed by atoms with van der Waals surface area (Å²) in [6.07, 6.45) is 2.86. The first-order valence-electron chi connectivity index (χ1n) is 6.28. The predicted molar refractivity (Wildman–Crippen MR) is 65.5 cm³/mol. The van der Waals surface area contributed by atoms with Crippen molar-refractivity contribution in [1.82, 2.24) is 9.88 Å². The average Bonchev–Trinajstić information content (AvgIpc) is 2.89. The molecular weight excluding hydrogens is 200 g/mol. The SMILES string of the molecule is CCn1c(C)ccc1CNCC1CCCO1. The van der Waals surface area contributed by atoms with E-state index in [1.165, 1.54) is 24.2 Å². The van der Waals surface area contributed by atoms with Gasteiger partial charge in [0, 0.05) is 37.6 Å². The predicted octanol–water partition coefficient (Wildman–Crippen LogP) is 2.09. The Hall–Kier alpha value is -0.800. The molecule has 1 aromatic rings. The largest absolute Gasteiger partial charge is 0.377 e. The Labute approximate surface area is 97.8 Å². The van der Waals surface area contributed by atoms with Gasteiger partial charge in [0.25, 0.3) is 0 Å². The summed E-state index contributed by atoms with van der Waals surface area (Å²) in [5, 5.41) is 3.49. The fraction of sp³-hybridized carbons (Fsp3) is 0.692. The number of aromatic nitrogens is 1. The van der Waals surface area contributed by atoms with Gasteiger partial charge in [0.2, 0.25) is 0 Å². The summed E-state index contributed by atoms with van der Waals surface area (Å²) in [6.45, 7) is 8.27. The Balaban J connectivity index is 1.79. The summed E-state index contributed by atoms with van der Waals surface area (Å²) >= 11 is 0. The van der Waals surface area contributed by atoms with E-state index < -0.39 is 0 Å². The van der Waals surface area contributed by atoms with Crippen molar-refractivity contribution in [1.29, 1.82) is 0 Å². The Bertz CT molecular complexity index is 327. The minimum absolute atomic E-state index is 0.436. The number of nitrogens with one attached hydrogen (secondary N) is 1. The summed E-state index contributed by atoms with van der Waals surface area (Å²) < 4.78 is 7.93. The molecule has 1 N–H and O–H groups in total. The first kappa shape index (κ1) is 11.7. The lowest BCUT2D eigenvalue weighted by Crippen LogP contribution is -2.26. The van der Waals surface area contributed by atoms with Gasteiger partial charge in [-0.25, -0.2) is 0 Å². The van der Waals surface area contributed by atoms with Crippen LogP contribution in [0.5, 0.6) is 0 Å². The highest BCUT2D eigenvalue weighted by atomic mass is 16.5. The van der Waals surface area contributed by atoms with Gasteiger partial charge in [0.05, 0.1) is 6.10 Å². The molecule has 0 bridgehead atoms. The molecule has 1 saturated heterocycles. The Morgan fingerprint density at radius 1 is 1.50 bits per heavy atom. The molecule has 0 saturated carbocycles. The quantitative estimate of drug-likeness (QED) is 0.825. The van der Waals surface area contributed by atoms with Crippen molar-refractivity contribution in [3.8, 4) is 0 Å². The topological polar surface area (TPSA) is 26.2 Å². The highest BCUT2D eigenvalue weighted by molar-refractivity contribution is 5.14. The van der Waals surface area contributed by atoms with Crippen molar-refractivity contribution in [2.75, 3.05) is 13.2 Å². The van der Waals surface area contributed by atoms with E-state index >= 15 is 0 Å². The summed E-state index contributed by atoms with van der Waals surface area (Å²) in [5.74, 6) is 0. The Morgan fingerprint density at radius 2 is 2.38 bits per heavy atom. The van der Waals surface area contributed by atoms with Crippen LogP contribution in [0.15, 0.2) is 12.1 Å². The second kappa shape index (κ2) is 5.51. The number of aryl methyl sites for hydroxylation is 1. The maximum Gasteiger partial charge on any atom is 0.0700 e. The van der Waals surface area contributed by atoms with E-state index in [0.717, 1.165) is 26.2 Å². The van der Waals surface area contributed by atoms with Crippen molar-refractivity contribution < 1.29 is 4.74 Å². The van der Waals surface area contributed by atoms with Gasteiger partial charge in [-0.3, -0.25) is 0 Å². The molecule has 3 heteroatoms. The minimum Gasteiger partial charge on any atom is -0.377 e. The number of nitrogens with zero attached hydrogens (tertiary/aromatic N) is 1. The summed E-state index contributed by atoms with van der Waals surface area (Å²) in [6, 6.07) is 4.40. The van der Waals surface area contributed by atoms with Crippen LogP contribution in [-0.4, -0.2) is 23.8 Å². The maximum atomic E-state index is 5.58. The minimum atomic E-state index is 0.436. The summed E-state index contributed by atoms with van der Waals surface area (Å²) in [7, 11) is 0. The van der Waals surface area contributed by atoms with Gasteiger partial charge in [0.1, 0.15) is 0 Å². The van der Waals surface area contributed by atoms with Crippen molar-refractivity contribution in [2.24, 2.45) is 0 Å². The molecule has 0 aromatic carbocycles. The molecule has 1 fully saturated rings. The monoisotopic (exact) mass is 222 g/mol. The molecule has 2 rings (SSSR count). The van der Waals surface area contributed by atoms with E-state index in [9.17, 15) is 0 Å². The van der Waals surface area contributed by atoms with Gasteiger partial charge >= 0.3 is 0 Å². The molecule has 0 radical (unpaired) electrons. The normalized spacial score (nSPS) is 20.5. The van der Waals surface area contributed by atoms with E-state index in [4.69, 9.17) is 4.74 Å². The fourth-order valence-corrected chi connectivity index (χ4v) is 2.40. The third-order valence-electron chi connectivity index (χ3n) is 3.31. The second-order valence-electron chi connectivity index (χ2n) is 4.48. The van der Waals surface area contributed by atoms with Gasteiger partial charge in [-0.15, -0.1) is 0 Å². The van der Waals surface area contributed by atoms with Crippen LogP contribution in [0.25, 0.3) is 0 Å². The zero-order valence-corrected chi connectivity index (χ0v) is 10.3. The number of ether oxygens (including phenoxy) is 1. The fourth-order valence-electron chi connectivity index (χ4n) is 2.40. The van der Waals surface area contributed by atoms with E-state index in [0.29, 0.717) is 6.10 Å². The van der Waals surface area contributed by atoms with Crippen LogP contribution in [0.1, 0.15) is 31.2 Å². The molecule has 90 valence electrons. The molecule has 0 amide bonds. The lowest BCUT2D eigenvalue weighted by molar-refractivity contribution is 0.110. The molecular formula is C13H22N2O. The molecule has 1 aliphatic heterocycles. The smallest absolute Gasteiger partial charge is 0.0700 e. The molecule has 0 spiro atoms. The van der Waals surface area contributed by atoms with E-state index in [1.54, 1.807) is 0 Å². The lowest BCUT2D eigenvalue weighted by atomic mass is 10.2. The zero-order valence-electron chi connectivity index (χ0n) is 10.3. The first-order chi connectivity index (χ1) is 7.81. The van der Waals surface area contributed by atoms with E-state index in [2.05, 4.69) is 35.9 Å². The lowest BCUT2D eigenvalue weighted by Gasteiger charge is -2.12. The van der Waals surface area contributed by atoms with Gasteiger partial charge in [-0.1, -0.05) is 0 Å². The summed E-state index contributed by atoms with van der Waals surface area (Å²) in [5.41, 5.74) is 2.72. The number of hydrogen-bond donors (Lipinski definition) is 1. The van der Waals surface area contributed by atoms with Gasteiger partial charge in [-0.2, -0.15) is 0 Å². The van der Waals surface area contributed by atoms with E-state index in [1.807, 2.05) is 0 Å². The van der Waals surface area contributed by atoms with Crippen LogP contribution in [0.4, 0.5) is 0 Å². The molecule has 1 unspecified atom stereocenters. The van der Waals surface area contributed by atoms with Crippen LogP contribution in [0.3, 0.4) is 0 Å². The Kier molecular flexibility index (Phi) is 4.02. The average molecular weight is 222 g/mol. The van der Waals surface area contributed by atoms with Crippen LogP contribution < -0.4 is 5.32 Å². The molecule has 0 aliphatic carbocycles. The van der Waals surface area contributed by atoms with Crippen LogP contribution in [-0.2, 0) is 17.8 Å². The zero-order chi connectivity index (χ0) is 11.4. The van der Waals surface area contributed by atoms with Gasteiger partial charge < -0.3 is 14.6 Å². The van der Waals surface area contributed by atoms with E-state index in [-0.39, 0.29) is 0 Å². The molecule has 1 aliphatic rings. The molecule has 16 heavy (non-hydrogen) atoms. The van der Waals surface area contributed by atoms with Crippen molar-refractivity contribution in [3.63, 3.8) is 0 Å². The molecule has 2 heterocycles. The van der Waals surface area contributed by atoms with Crippen LogP contribution in [0.2, 0.25) is 0 Å². The third kappa shape index (κ3) is 2.66. The number of hydrogen-bond acceptors (Lipinski definition) is 2.